The highest BCUT2D eigenvalue weighted by Crippen LogP contribution is 2.28. The van der Waals surface area contributed by atoms with Gasteiger partial charge in [-0.25, -0.2) is 4.39 Å². The van der Waals surface area contributed by atoms with Gasteiger partial charge < -0.3 is 0 Å². The Balaban J connectivity index is 1.25. The Bertz CT molecular complexity index is 1610. The Labute approximate surface area is 228 Å². The van der Waals surface area contributed by atoms with E-state index >= 15 is 0 Å². The minimum absolute atomic E-state index is 0.237. The zero-order chi connectivity index (χ0) is 26.6. The molecule has 0 bridgehead atoms. The lowest BCUT2D eigenvalue weighted by molar-refractivity contribution is 0.628. The van der Waals surface area contributed by atoms with Crippen LogP contribution in [0.5, 0.6) is 0 Å². The lowest BCUT2D eigenvalue weighted by Crippen LogP contribution is -1.92. The molecule has 0 saturated heterocycles. The van der Waals surface area contributed by atoms with Crippen molar-refractivity contribution in [2.24, 2.45) is 0 Å². The molecule has 0 aliphatic heterocycles. The Morgan fingerprint density at radius 3 is 1.49 bits per heavy atom. The molecule has 0 fully saturated rings. The molecular formula is C36H27FN2. The van der Waals surface area contributed by atoms with Gasteiger partial charge in [-0.15, -0.1) is 0 Å². The SMILES string of the molecule is Cc1ccc(-c2ccnc(-c3cccc(Cc4cccc(-c5cc(-c6ccc(F)cc6)ccn5)c4)c3)c2)cc1. The summed E-state index contributed by atoms with van der Waals surface area (Å²) in [7, 11) is 0. The number of aromatic nitrogens is 2. The highest BCUT2D eigenvalue weighted by atomic mass is 19.1. The van der Waals surface area contributed by atoms with Gasteiger partial charge in [0.25, 0.3) is 0 Å². The first-order valence-electron chi connectivity index (χ1n) is 13.0. The number of aryl methyl sites for hydroxylation is 1. The minimum atomic E-state index is -0.237. The molecule has 188 valence electrons. The standard InChI is InChI=1S/C36H27FN2/c1-25-8-10-28(11-9-25)30-16-18-38-35(23-30)32-6-2-4-26(21-32)20-27-5-3-7-33(22-27)36-24-31(17-19-39-36)29-12-14-34(37)15-13-29/h2-19,21-24H,20H2,1H3. The fourth-order valence-corrected chi connectivity index (χ4v) is 4.84. The van der Waals surface area contributed by atoms with Gasteiger partial charge in [-0.2, -0.15) is 0 Å². The Hall–Kier alpha value is -4.89. The van der Waals surface area contributed by atoms with E-state index < -0.39 is 0 Å². The second-order valence-electron chi connectivity index (χ2n) is 9.81. The fourth-order valence-electron chi connectivity index (χ4n) is 4.84. The summed E-state index contributed by atoms with van der Waals surface area (Å²) in [5.74, 6) is -0.237. The van der Waals surface area contributed by atoms with Gasteiger partial charge in [-0.1, -0.05) is 78.4 Å². The van der Waals surface area contributed by atoms with E-state index in [2.05, 4.69) is 108 Å². The summed E-state index contributed by atoms with van der Waals surface area (Å²) in [5.41, 5.74) is 12.0. The molecule has 2 aromatic heterocycles. The topological polar surface area (TPSA) is 25.8 Å². The monoisotopic (exact) mass is 506 g/mol. The van der Waals surface area contributed by atoms with Crippen molar-refractivity contribution < 1.29 is 4.39 Å². The summed E-state index contributed by atoms with van der Waals surface area (Å²) in [4.78, 5) is 9.27. The van der Waals surface area contributed by atoms with Crippen LogP contribution in [-0.2, 0) is 6.42 Å². The van der Waals surface area contributed by atoms with Crippen molar-refractivity contribution in [1.82, 2.24) is 9.97 Å². The second kappa shape index (κ2) is 10.8. The molecule has 0 saturated carbocycles. The van der Waals surface area contributed by atoms with Crippen LogP contribution in [0.1, 0.15) is 16.7 Å². The summed E-state index contributed by atoms with van der Waals surface area (Å²) in [6, 6.07) is 40.5. The summed E-state index contributed by atoms with van der Waals surface area (Å²) in [6.07, 6.45) is 4.49. The van der Waals surface area contributed by atoms with Crippen molar-refractivity contribution in [2.45, 2.75) is 13.3 Å². The summed E-state index contributed by atoms with van der Waals surface area (Å²) < 4.78 is 13.4. The minimum Gasteiger partial charge on any atom is -0.256 e. The highest BCUT2D eigenvalue weighted by molar-refractivity contribution is 5.72. The van der Waals surface area contributed by atoms with E-state index in [1.807, 2.05) is 18.5 Å². The van der Waals surface area contributed by atoms with E-state index in [0.717, 1.165) is 45.6 Å². The van der Waals surface area contributed by atoms with Crippen LogP contribution in [0.3, 0.4) is 0 Å². The zero-order valence-electron chi connectivity index (χ0n) is 21.7. The molecule has 0 aliphatic carbocycles. The van der Waals surface area contributed by atoms with Gasteiger partial charge >= 0.3 is 0 Å². The molecule has 6 rings (SSSR count). The van der Waals surface area contributed by atoms with Gasteiger partial charge in [0.2, 0.25) is 0 Å². The smallest absolute Gasteiger partial charge is 0.123 e. The normalized spacial score (nSPS) is 10.9. The third kappa shape index (κ3) is 5.68. The number of hydrogen-bond donors (Lipinski definition) is 0. The molecule has 3 heteroatoms. The molecule has 0 atom stereocenters. The first-order valence-corrected chi connectivity index (χ1v) is 13.0. The maximum absolute atomic E-state index is 13.4. The predicted octanol–water partition coefficient (Wildman–Crippen LogP) is 9.18. The van der Waals surface area contributed by atoms with Gasteiger partial charge in [0.05, 0.1) is 11.4 Å². The van der Waals surface area contributed by atoms with Crippen molar-refractivity contribution in [3.05, 3.63) is 156 Å². The molecule has 39 heavy (non-hydrogen) atoms. The van der Waals surface area contributed by atoms with Crippen LogP contribution in [-0.4, -0.2) is 9.97 Å². The lowest BCUT2D eigenvalue weighted by Gasteiger charge is -2.09. The van der Waals surface area contributed by atoms with E-state index in [9.17, 15) is 4.39 Å². The van der Waals surface area contributed by atoms with Gasteiger partial charge in [0, 0.05) is 23.5 Å². The first kappa shape index (κ1) is 24.4. The molecule has 0 unspecified atom stereocenters. The molecule has 0 aliphatic rings. The largest absolute Gasteiger partial charge is 0.256 e. The maximum Gasteiger partial charge on any atom is 0.123 e. The van der Waals surface area contributed by atoms with Crippen LogP contribution in [0, 0.1) is 12.7 Å². The zero-order valence-corrected chi connectivity index (χ0v) is 21.7. The second-order valence-corrected chi connectivity index (χ2v) is 9.81. The number of hydrogen-bond acceptors (Lipinski definition) is 2. The van der Waals surface area contributed by atoms with E-state index in [4.69, 9.17) is 0 Å². The molecule has 0 radical (unpaired) electrons. The quantitative estimate of drug-likeness (QED) is 0.225. The summed E-state index contributed by atoms with van der Waals surface area (Å²) in [6.45, 7) is 2.10. The van der Waals surface area contributed by atoms with Crippen molar-refractivity contribution in [1.29, 1.82) is 0 Å². The van der Waals surface area contributed by atoms with Crippen LogP contribution in [0.4, 0.5) is 4.39 Å². The highest BCUT2D eigenvalue weighted by Gasteiger charge is 2.08. The summed E-state index contributed by atoms with van der Waals surface area (Å²) in [5, 5.41) is 0. The molecule has 0 amide bonds. The van der Waals surface area contributed by atoms with Gasteiger partial charge in [-0.05, 0) is 95.3 Å². The third-order valence-corrected chi connectivity index (χ3v) is 6.94. The molecule has 2 nitrogen and oxygen atoms in total. The number of pyridine rings is 2. The molecule has 0 spiro atoms. The van der Waals surface area contributed by atoms with Crippen LogP contribution in [0.2, 0.25) is 0 Å². The Kier molecular flexibility index (Phi) is 6.80. The van der Waals surface area contributed by atoms with Gasteiger partial charge in [0.1, 0.15) is 5.82 Å². The van der Waals surface area contributed by atoms with Crippen molar-refractivity contribution in [3.63, 3.8) is 0 Å². The van der Waals surface area contributed by atoms with Crippen LogP contribution in [0.25, 0.3) is 44.8 Å². The molecule has 6 aromatic rings. The molecule has 2 heterocycles. The molecule has 0 N–H and O–H groups in total. The molecular weight excluding hydrogens is 479 g/mol. The van der Waals surface area contributed by atoms with Crippen molar-refractivity contribution in [3.8, 4) is 44.8 Å². The van der Waals surface area contributed by atoms with Crippen LogP contribution in [0.15, 0.2) is 134 Å². The van der Waals surface area contributed by atoms with E-state index in [0.29, 0.717) is 0 Å². The summed E-state index contributed by atoms with van der Waals surface area (Å²) >= 11 is 0. The lowest BCUT2D eigenvalue weighted by atomic mass is 9.97. The first-order chi connectivity index (χ1) is 19.1. The number of rotatable bonds is 6. The van der Waals surface area contributed by atoms with Gasteiger partial charge in [-0.3, -0.25) is 9.97 Å². The maximum atomic E-state index is 13.4. The van der Waals surface area contributed by atoms with E-state index in [1.54, 1.807) is 12.1 Å². The number of benzene rings is 4. The van der Waals surface area contributed by atoms with Crippen molar-refractivity contribution in [2.75, 3.05) is 0 Å². The fraction of sp³-hybridized carbons (Fsp3) is 0.0556. The van der Waals surface area contributed by atoms with E-state index in [1.165, 1.54) is 34.4 Å². The number of halogens is 1. The third-order valence-electron chi connectivity index (χ3n) is 6.94. The van der Waals surface area contributed by atoms with Crippen molar-refractivity contribution >= 4 is 0 Å². The van der Waals surface area contributed by atoms with E-state index in [-0.39, 0.29) is 5.82 Å². The predicted molar refractivity (Wildman–Crippen MR) is 158 cm³/mol. The van der Waals surface area contributed by atoms with Crippen LogP contribution >= 0.6 is 0 Å². The number of nitrogens with zero attached hydrogens (tertiary/aromatic N) is 2. The van der Waals surface area contributed by atoms with Gasteiger partial charge in [0.15, 0.2) is 0 Å². The molecule has 4 aromatic carbocycles. The average molecular weight is 507 g/mol. The Morgan fingerprint density at radius 1 is 0.487 bits per heavy atom. The van der Waals surface area contributed by atoms with Crippen LogP contribution < -0.4 is 0 Å². The Morgan fingerprint density at radius 2 is 0.974 bits per heavy atom. The average Bonchev–Trinajstić information content (AvgIpc) is 2.98.